The Hall–Kier alpha value is -1.52. The van der Waals surface area contributed by atoms with Gasteiger partial charge in [0.2, 0.25) is 0 Å². The van der Waals surface area contributed by atoms with Crippen molar-refractivity contribution in [1.82, 2.24) is 9.59 Å². The van der Waals surface area contributed by atoms with E-state index in [1.807, 2.05) is 0 Å². The molecule has 80 valence electrons. The van der Waals surface area contributed by atoms with Crippen LogP contribution in [-0.2, 0) is 0 Å². The Morgan fingerprint density at radius 1 is 1.31 bits per heavy atom. The van der Waals surface area contributed by atoms with E-state index in [0.717, 1.165) is 0 Å². The van der Waals surface area contributed by atoms with E-state index in [2.05, 4.69) is 9.59 Å². The zero-order valence-corrected chi connectivity index (χ0v) is 9.70. The summed E-state index contributed by atoms with van der Waals surface area (Å²) in [5.41, 5.74) is 1.29. The monoisotopic (exact) mass is 250 g/mol. The molecule has 0 radical (unpaired) electrons. The van der Waals surface area contributed by atoms with Gasteiger partial charge in [0.1, 0.15) is 0 Å². The molecule has 2 aromatic rings. The van der Waals surface area contributed by atoms with Crippen LogP contribution in [0.15, 0.2) is 35.7 Å². The van der Waals surface area contributed by atoms with Gasteiger partial charge >= 0.3 is 0 Å². The molecular formula is C11H7ClN2OS. The molecule has 0 aliphatic rings. The fourth-order valence-corrected chi connectivity index (χ4v) is 1.66. The third-order valence-electron chi connectivity index (χ3n) is 1.91. The summed E-state index contributed by atoms with van der Waals surface area (Å²) in [5.74, 6) is -0.0790. The molecule has 0 spiro atoms. The number of aromatic nitrogens is 2. The summed E-state index contributed by atoms with van der Waals surface area (Å²) in [7, 11) is 0. The zero-order valence-electron chi connectivity index (χ0n) is 8.13. The molecule has 0 bridgehead atoms. The van der Waals surface area contributed by atoms with Crippen molar-refractivity contribution >= 4 is 35.0 Å². The average molecular weight is 251 g/mol. The lowest BCUT2D eigenvalue weighted by atomic mass is 10.1. The smallest absolute Gasteiger partial charge is 0.185 e. The highest BCUT2D eigenvalue weighted by atomic mass is 35.5. The number of carbonyl (C=O) groups excluding carboxylic acids is 1. The number of nitrogens with zero attached hydrogens (tertiary/aromatic N) is 2. The summed E-state index contributed by atoms with van der Waals surface area (Å²) in [4.78, 5) is 11.7. The minimum atomic E-state index is -0.0790. The molecule has 1 aromatic heterocycles. The Morgan fingerprint density at radius 2 is 2.06 bits per heavy atom. The molecule has 0 saturated carbocycles. The predicted molar refractivity (Wildman–Crippen MR) is 64.7 cm³/mol. The lowest BCUT2D eigenvalue weighted by Crippen LogP contribution is -1.93. The van der Waals surface area contributed by atoms with Crippen molar-refractivity contribution in [2.75, 3.05) is 0 Å². The third kappa shape index (κ3) is 2.74. The van der Waals surface area contributed by atoms with Crippen LogP contribution in [0.25, 0.3) is 6.08 Å². The van der Waals surface area contributed by atoms with Crippen LogP contribution in [0.1, 0.15) is 16.1 Å². The van der Waals surface area contributed by atoms with Gasteiger partial charge in [0.05, 0.1) is 5.69 Å². The quantitative estimate of drug-likeness (QED) is 0.621. The molecule has 2 rings (SSSR count). The number of halogens is 1. The summed E-state index contributed by atoms with van der Waals surface area (Å²) in [5, 5.41) is 6.19. The normalized spacial score (nSPS) is 10.8. The van der Waals surface area contributed by atoms with Gasteiger partial charge in [-0.25, -0.2) is 0 Å². The predicted octanol–water partition coefficient (Wildman–Crippen LogP) is 3.09. The SMILES string of the molecule is O=C(/C=C/c1csnn1)c1ccc(Cl)cc1. The highest BCUT2D eigenvalue weighted by Gasteiger charge is 2.01. The van der Waals surface area contributed by atoms with E-state index >= 15 is 0 Å². The molecule has 1 aromatic carbocycles. The second-order valence-corrected chi connectivity index (χ2v) is 4.08. The van der Waals surface area contributed by atoms with Crippen molar-refractivity contribution < 1.29 is 4.79 Å². The van der Waals surface area contributed by atoms with E-state index in [1.54, 1.807) is 35.7 Å². The Balaban J connectivity index is 2.11. The summed E-state index contributed by atoms with van der Waals surface area (Å²) in [6.07, 6.45) is 3.11. The number of hydrogen-bond donors (Lipinski definition) is 0. The van der Waals surface area contributed by atoms with Crippen molar-refractivity contribution in [3.05, 3.63) is 52.0 Å². The van der Waals surface area contributed by atoms with Crippen LogP contribution in [0, 0.1) is 0 Å². The van der Waals surface area contributed by atoms with Gasteiger partial charge in [-0.2, -0.15) is 0 Å². The van der Waals surface area contributed by atoms with Gasteiger partial charge in [0, 0.05) is 16.0 Å². The molecule has 0 saturated heterocycles. The Labute approximate surface area is 102 Å². The third-order valence-corrected chi connectivity index (χ3v) is 2.69. The lowest BCUT2D eigenvalue weighted by molar-refractivity contribution is 0.104. The largest absolute Gasteiger partial charge is 0.289 e. The van der Waals surface area contributed by atoms with Crippen molar-refractivity contribution in [2.45, 2.75) is 0 Å². The molecule has 3 nitrogen and oxygen atoms in total. The van der Waals surface area contributed by atoms with Crippen molar-refractivity contribution in [3.63, 3.8) is 0 Å². The molecule has 0 aliphatic heterocycles. The van der Waals surface area contributed by atoms with Crippen LogP contribution < -0.4 is 0 Å². The maximum atomic E-state index is 11.7. The standard InChI is InChI=1S/C11H7ClN2OS/c12-9-3-1-8(2-4-9)11(15)6-5-10-7-16-14-13-10/h1-7H/b6-5+. The van der Waals surface area contributed by atoms with E-state index in [-0.39, 0.29) is 5.78 Å². The first-order valence-electron chi connectivity index (χ1n) is 4.51. The van der Waals surface area contributed by atoms with Gasteiger partial charge in [-0.3, -0.25) is 4.79 Å². The molecule has 0 atom stereocenters. The minimum absolute atomic E-state index is 0.0790. The van der Waals surface area contributed by atoms with Crippen molar-refractivity contribution in [1.29, 1.82) is 0 Å². The van der Waals surface area contributed by atoms with Crippen LogP contribution in [0.5, 0.6) is 0 Å². The van der Waals surface area contributed by atoms with Gasteiger partial charge in [0.25, 0.3) is 0 Å². The molecule has 0 unspecified atom stereocenters. The van der Waals surface area contributed by atoms with E-state index in [9.17, 15) is 4.79 Å². The highest BCUT2D eigenvalue weighted by molar-refractivity contribution is 7.03. The summed E-state index contributed by atoms with van der Waals surface area (Å²) in [6, 6.07) is 6.75. The zero-order chi connectivity index (χ0) is 11.4. The average Bonchev–Trinajstić information content (AvgIpc) is 2.80. The highest BCUT2D eigenvalue weighted by Crippen LogP contribution is 2.11. The molecule has 0 N–H and O–H groups in total. The second-order valence-electron chi connectivity index (χ2n) is 3.03. The number of carbonyl (C=O) groups is 1. The van der Waals surface area contributed by atoms with Gasteiger partial charge in [-0.1, -0.05) is 16.1 Å². The maximum Gasteiger partial charge on any atom is 0.185 e. The second kappa shape index (κ2) is 5.01. The number of benzene rings is 1. The number of allylic oxidation sites excluding steroid dienone is 1. The Kier molecular flexibility index (Phi) is 3.44. The minimum Gasteiger partial charge on any atom is -0.289 e. The fraction of sp³-hybridized carbons (Fsp3) is 0. The molecule has 0 aliphatic carbocycles. The molecule has 0 amide bonds. The van der Waals surface area contributed by atoms with E-state index < -0.39 is 0 Å². The molecule has 5 heteroatoms. The number of rotatable bonds is 3. The topological polar surface area (TPSA) is 42.9 Å². The van der Waals surface area contributed by atoms with E-state index in [0.29, 0.717) is 16.3 Å². The van der Waals surface area contributed by atoms with Gasteiger partial charge in [0.15, 0.2) is 5.78 Å². The van der Waals surface area contributed by atoms with Crippen molar-refractivity contribution in [3.8, 4) is 0 Å². The van der Waals surface area contributed by atoms with Crippen LogP contribution in [0.2, 0.25) is 5.02 Å². The Morgan fingerprint density at radius 3 is 2.69 bits per heavy atom. The van der Waals surface area contributed by atoms with Crippen LogP contribution in [-0.4, -0.2) is 15.4 Å². The van der Waals surface area contributed by atoms with E-state index in [4.69, 9.17) is 11.6 Å². The molecule has 0 fully saturated rings. The van der Waals surface area contributed by atoms with Gasteiger partial charge in [-0.15, -0.1) is 5.10 Å². The van der Waals surface area contributed by atoms with Gasteiger partial charge < -0.3 is 0 Å². The molecular weight excluding hydrogens is 244 g/mol. The first-order chi connectivity index (χ1) is 7.75. The summed E-state index contributed by atoms with van der Waals surface area (Å²) < 4.78 is 3.70. The summed E-state index contributed by atoms with van der Waals surface area (Å²) >= 11 is 6.98. The van der Waals surface area contributed by atoms with Crippen LogP contribution in [0.4, 0.5) is 0 Å². The number of ketones is 1. The first-order valence-corrected chi connectivity index (χ1v) is 5.72. The number of hydrogen-bond acceptors (Lipinski definition) is 4. The molecule has 1 heterocycles. The first kappa shape index (κ1) is 11.0. The van der Waals surface area contributed by atoms with Gasteiger partial charge in [-0.05, 0) is 47.9 Å². The Bertz CT molecular complexity index is 505. The van der Waals surface area contributed by atoms with E-state index in [1.165, 1.54) is 17.6 Å². The lowest BCUT2D eigenvalue weighted by Gasteiger charge is -1.94. The molecule has 16 heavy (non-hydrogen) atoms. The maximum absolute atomic E-state index is 11.7. The van der Waals surface area contributed by atoms with Crippen LogP contribution in [0.3, 0.4) is 0 Å². The fourth-order valence-electron chi connectivity index (χ4n) is 1.12. The summed E-state index contributed by atoms with van der Waals surface area (Å²) in [6.45, 7) is 0. The van der Waals surface area contributed by atoms with Crippen LogP contribution >= 0.6 is 23.1 Å². The van der Waals surface area contributed by atoms with Crippen molar-refractivity contribution in [2.24, 2.45) is 0 Å².